The third-order valence-corrected chi connectivity index (χ3v) is 5.77. The van der Waals surface area contributed by atoms with Crippen molar-refractivity contribution in [2.45, 2.75) is 44.3 Å². The second kappa shape index (κ2) is 7.23. The van der Waals surface area contributed by atoms with Crippen LogP contribution in [0.5, 0.6) is 0 Å². The molecule has 0 aromatic carbocycles. The summed E-state index contributed by atoms with van der Waals surface area (Å²) < 4.78 is 0.852. The normalized spacial score (nSPS) is 21.3. The van der Waals surface area contributed by atoms with E-state index in [2.05, 4.69) is 36.9 Å². The van der Waals surface area contributed by atoms with Gasteiger partial charge < -0.3 is 10.6 Å². The molecule has 1 aromatic heterocycles. The number of nitrogens with two attached hydrogens (primary N) is 1. The molecule has 3 nitrogen and oxygen atoms in total. The van der Waals surface area contributed by atoms with Crippen LogP contribution in [-0.4, -0.2) is 49.1 Å². The molecule has 1 saturated heterocycles. The van der Waals surface area contributed by atoms with E-state index in [-0.39, 0.29) is 12.1 Å². The maximum absolute atomic E-state index is 6.40. The third kappa shape index (κ3) is 3.74. The lowest BCUT2D eigenvalue weighted by Gasteiger charge is -2.41. The van der Waals surface area contributed by atoms with E-state index in [0.29, 0.717) is 6.04 Å². The third-order valence-electron chi connectivity index (χ3n) is 4.47. The standard InChI is InChI=1S/C15H26ClN3S/c1-4-12(17)15(13-5-6-14(16)20-13)19(3)11-7-9-18(2)10-8-11/h5-6,11-12,15H,4,7-10,17H2,1-3H3. The molecule has 2 atom stereocenters. The molecule has 1 aliphatic rings. The smallest absolute Gasteiger partial charge is 0.0931 e. The van der Waals surface area contributed by atoms with Gasteiger partial charge in [0.1, 0.15) is 0 Å². The van der Waals surface area contributed by atoms with Crippen molar-refractivity contribution in [3.05, 3.63) is 21.3 Å². The molecule has 0 spiro atoms. The largest absolute Gasteiger partial charge is 0.326 e. The second-order valence-electron chi connectivity index (χ2n) is 5.86. The number of hydrogen-bond donors (Lipinski definition) is 1. The molecule has 2 rings (SSSR count). The van der Waals surface area contributed by atoms with Crippen LogP contribution in [0.25, 0.3) is 0 Å². The Kier molecular flexibility index (Phi) is 5.87. The lowest BCUT2D eigenvalue weighted by atomic mass is 9.97. The van der Waals surface area contributed by atoms with Gasteiger partial charge in [0.05, 0.1) is 10.4 Å². The zero-order valence-corrected chi connectivity index (χ0v) is 14.3. The first-order valence-electron chi connectivity index (χ1n) is 7.44. The number of halogens is 1. The van der Waals surface area contributed by atoms with Gasteiger partial charge in [0, 0.05) is 17.0 Å². The van der Waals surface area contributed by atoms with Gasteiger partial charge in [-0.05, 0) is 58.6 Å². The zero-order valence-electron chi connectivity index (χ0n) is 12.7. The van der Waals surface area contributed by atoms with E-state index < -0.39 is 0 Å². The fourth-order valence-electron chi connectivity index (χ4n) is 3.05. The van der Waals surface area contributed by atoms with Crippen LogP contribution in [0.2, 0.25) is 4.34 Å². The predicted molar refractivity (Wildman–Crippen MR) is 88.6 cm³/mol. The molecule has 1 aliphatic heterocycles. The van der Waals surface area contributed by atoms with Crippen molar-refractivity contribution in [1.82, 2.24) is 9.80 Å². The quantitative estimate of drug-likeness (QED) is 0.905. The van der Waals surface area contributed by atoms with Gasteiger partial charge in [-0.15, -0.1) is 11.3 Å². The lowest BCUT2D eigenvalue weighted by molar-refractivity contribution is 0.0950. The highest BCUT2D eigenvalue weighted by Crippen LogP contribution is 2.34. The topological polar surface area (TPSA) is 32.5 Å². The van der Waals surface area contributed by atoms with Crippen LogP contribution in [0.15, 0.2) is 12.1 Å². The minimum absolute atomic E-state index is 0.161. The average Bonchev–Trinajstić information content (AvgIpc) is 2.85. The molecule has 1 aromatic rings. The molecule has 0 radical (unpaired) electrons. The van der Waals surface area contributed by atoms with Gasteiger partial charge in [-0.25, -0.2) is 0 Å². The SMILES string of the molecule is CCC(N)C(c1ccc(Cl)s1)N(C)C1CCN(C)CC1. The van der Waals surface area contributed by atoms with Crippen molar-refractivity contribution in [2.75, 3.05) is 27.2 Å². The highest BCUT2D eigenvalue weighted by molar-refractivity contribution is 7.16. The van der Waals surface area contributed by atoms with Gasteiger partial charge in [-0.1, -0.05) is 18.5 Å². The molecule has 0 bridgehead atoms. The lowest BCUT2D eigenvalue weighted by Crippen LogP contribution is -2.47. The highest BCUT2D eigenvalue weighted by Gasteiger charge is 2.31. The second-order valence-corrected chi connectivity index (χ2v) is 7.61. The monoisotopic (exact) mass is 315 g/mol. The molecule has 2 heterocycles. The first kappa shape index (κ1) is 16.2. The summed E-state index contributed by atoms with van der Waals surface area (Å²) in [7, 11) is 4.42. The van der Waals surface area contributed by atoms with Crippen molar-refractivity contribution in [2.24, 2.45) is 5.73 Å². The molecule has 114 valence electrons. The molecule has 0 saturated carbocycles. The maximum Gasteiger partial charge on any atom is 0.0931 e. The summed E-state index contributed by atoms with van der Waals surface area (Å²) in [5.74, 6) is 0. The Morgan fingerprint density at radius 3 is 2.60 bits per heavy atom. The summed E-state index contributed by atoms with van der Waals surface area (Å²) in [5.41, 5.74) is 6.40. The van der Waals surface area contributed by atoms with Gasteiger partial charge >= 0.3 is 0 Å². The summed E-state index contributed by atoms with van der Waals surface area (Å²) in [4.78, 5) is 6.19. The molecular formula is C15H26ClN3S. The molecule has 0 amide bonds. The van der Waals surface area contributed by atoms with E-state index in [1.165, 1.54) is 30.8 Å². The van der Waals surface area contributed by atoms with Crippen LogP contribution in [0.1, 0.15) is 37.1 Å². The van der Waals surface area contributed by atoms with Crippen molar-refractivity contribution >= 4 is 22.9 Å². The fraction of sp³-hybridized carbons (Fsp3) is 0.733. The Hall–Kier alpha value is -0.130. The van der Waals surface area contributed by atoms with Crippen LogP contribution in [-0.2, 0) is 0 Å². The Morgan fingerprint density at radius 1 is 1.45 bits per heavy atom. The first-order chi connectivity index (χ1) is 9.52. The minimum Gasteiger partial charge on any atom is -0.326 e. The van der Waals surface area contributed by atoms with Gasteiger partial charge in [-0.2, -0.15) is 0 Å². The Morgan fingerprint density at radius 2 is 2.10 bits per heavy atom. The van der Waals surface area contributed by atoms with Gasteiger partial charge in [0.15, 0.2) is 0 Å². The van der Waals surface area contributed by atoms with E-state index in [1.54, 1.807) is 11.3 Å². The van der Waals surface area contributed by atoms with Crippen LogP contribution < -0.4 is 5.73 Å². The summed E-state index contributed by atoms with van der Waals surface area (Å²) in [6, 6.07) is 5.19. The number of piperidine rings is 1. The number of nitrogens with zero attached hydrogens (tertiary/aromatic N) is 2. The van der Waals surface area contributed by atoms with Gasteiger partial charge in [-0.3, -0.25) is 4.90 Å². The Bertz CT molecular complexity index is 415. The molecule has 5 heteroatoms. The zero-order chi connectivity index (χ0) is 14.7. The molecule has 2 N–H and O–H groups in total. The number of likely N-dealkylation sites (tertiary alicyclic amines) is 1. The van der Waals surface area contributed by atoms with Crippen LogP contribution in [0, 0.1) is 0 Å². The van der Waals surface area contributed by atoms with E-state index in [0.717, 1.165) is 10.8 Å². The van der Waals surface area contributed by atoms with Crippen molar-refractivity contribution < 1.29 is 0 Å². The molecular weight excluding hydrogens is 290 g/mol. The van der Waals surface area contributed by atoms with Crippen LogP contribution in [0.4, 0.5) is 0 Å². The number of likely N-dealkylation sites (N-methyl/N-ethyl adjacent to an activating group) is 1. The maximum atomic E-state index is 6.40. The summed E-state index contributed by atoms with van der Waals surface area (Å²) in [6.45, 7) is 4.51. The molecule has 2 unspecified atom stereocenters. The summed E-state index contributed by atoms with van der Waals surface area (Å²) in [5, 5.41) is 0. The summed E-state index contributed by atoms with van der Waals surface area (Å²) >= 11 is 7.78. The summed E-state index contributed by atoms with van der Waals surface area (Å²) in [6.07, 6.45) is 3.43. The average molecular weight is 316 g/mol. The number of rotatable bonds is 5. The van der Waals surface area contributed by atoms with E-state index in [4.69, 9.17) is 17.3 Å². The van der Waals surface area contributed by atoms with E-state index >= 15 is 0 Å². The molecule has 20 heavy (non-hydrogen) atoms. The van der Waals surface area contributed by atoms with Crippen molar-refractivity contribution in [3.8, 4) is 0 Å². The predicted octanol–water partition coefficient (Wildman–Crippen LogP) is 3.21. The first-order valence-corrected chi connectivity index (χ1v) is 8.63. The van der Waals surface area contributed by atoms with E-state index in [1.807, 2.05) is 6.07 Å². The number of hydrogen-bond acceptors (Lipinski definition) is 4. The van der Waals surface area contributed by atoms with Gasteiger partial charge in [0.2, 0.25) is 0 Å². The minimum atomic E-state index is 0.161. The van der Waals surface area contributed by atoms with Gasteiger partial charge in [0.25, 0.3) is 0 Å². The van der Waals surface area contributed by atoms with Crippen molar-refractivity contribution in [3.63, 3.8) is 0 Å². The van der Waals surface area contributed by atoms with E-state index in [9.17, 15) is 0 Å². The Labute approximate surface area is 131 Å². The molecule has 1 fully saturated rings. The molecule has 0 aliphatic carbocycles. The fourth-order valence-corrected chi connectivity index (χ4v) is 4.34. The van der Waals surface area contributed by atoms with Crippen molar-refractivity contribution in [1.29, 1.82) is 0 Å². The number of thiophene rings is 1. The van der Waals surface area contributed by atoms with Crippen LogP contribution in [0.3, 0.4) is 0 Å². The van der Waals surface area contributed by atoms with Crippen LogP contribution >= 0.6 is 22.9 Å². The Balaban J connectivity index is 2.14. The highest BCUT2D eigenvalue weighted by atomic mass is 35.5.